The molecule has 0 bridgehead atoms. The smallest absolute Gasteiger partial charge is 0.326 e. The summed E-state index contributed by atoms with van der Waals surface area (Å²) < 4.78 is 0. The Labute approximate surface area is 129 Å². The molecular formula is C17H21N3O2. The highest BCUT2D eigenvalue weighted by Gasteiger charge is 2.21. The number of carboxylic acid groups (broad SMARTS) is 1. The summed E-state index contributed by atoms with van der Waals surface area (Å²) in [7, 11) is 0. The van der Waals surface area contributed by atoms with Crippen LogP contribution in [0.25, 0.3) is 10.9 Å². The SMILES string of the molecule is O=C(O)C(Cc1c[nH]c2ccccc12)NC1=NCCCCC1. The van der Waals surface area contributed by atoms with Gasteiger partial charge in [-0.2, -0.15) is 0 Å². The molecule has 1 unspecified atom stereocenters. The van der Waals surface area contributed by atoms with Gasteiger partial charge in [0, 0.05) is 36.5 Å². The van der Waals surface area contributed by atoms with E-state index < -0.39 is 12.0 Å². The number of para-hydroxylation sites is 1. The number of benzene rings is 1. The molecular weight excluding hydrogens is 278 g/mol. The Morgan fingerprint density at radius 2 is 2.18 bits per heavy atom. The second-order valence-corrected chi connectivity index (χ2v) is 5.74. The lowest BCUT2D eigenvalue weighted by Gasteiger charge is -2.16. The van der Waals surface area contributed by atoms with E-state index in [-0.39, 0.29) is 0 Å². The maximum absolute atomic E-state index is 11.6. The van der Waals surface area contributed by atoms with Gasteiger partial charge in [0.15, 0.2) is 0 Å². The van der Waals surface area contributed by atoms with Gasteiger partial charge in [-0.1, -0.05) is 24.6 Å². The molecule has 2 heterocycles. The zero-order valence-electron chi connectivity index (χ0n) is 12.5. The molecule has 1 aliphatic rings. The third-order valence-corrected chi connectivity index (χ3v) is 4.11. The lowest BCUT2D eigenvalue weighted by molar-refractivity contribution is -0.139. The number of H-pyrrole nitrogens is 1. The van der Waals surface area contributed by atoms with Crippen LogP contribution in [0.15, 0.2) is 35.5 Å². The third-order valence-electron chi connectivity index (χ3n) is 4.11. The highest BCUT2D eigenvalue weighted by molar-refractivity contribution is 5.89. The Bertz CT molecular complexity index is 690. The normalized spacial score (nSPS) is 16.8. The van der Waals surface area contributed by atoms with Crippen LogP contribution in [0.3, 0.4) is 0 Å². The fourth-order valence-corrected chi connectivity index (χ4v) is 2.91. The molecule has 22 heavy (non-hydrogen) atoms. The molecule has 0 spiro atoms. The number of amidine groups is 1. The number of rotatable bonds is 4. The van der Waals surface area contributed by atoms with Gasteiger partial charge < -0.3 is 15.4 Å². The number of aliphatic imine (C=N–C) groups is 1. The number of nitrogens with one attached hydrogen (secondary N) is 2. The van der Waals surface area contributed by atoms with Crippen molar-refractivity contribution in [3.63, 3.8) is 0 Å². The Morgan fingerprint density at radius 1 is 1.32 bits per heavy atom. The minimum atomic E-state index is -0.836. The molecule has 0 amide bonds. The fraction of sp³-hybridized carbons (Fsp3) is 0.412. The molecule has 2 aromatic rings. The Balaban J connectivity index is 1.77. The molecule has 0 fully saturated rings. The van der Waals surface area contributed by atoms with E-state index >= 15 is 0 Å². The van der Waals surface area contributed by atoms with Crippen molar-refractivity contribution in [1.29, 1.82) is 0 Å². The fourth-order valence-electron chi connectivity index (χ4n) is 2.91. The second kappa shape index (κ2) is 6.64. The van der Waals surface area contributed by atoms with E-state index in [1.165, 1.54) is 0 Å². The van der Waals surface area contributed by atoms with Gasteiger partial charge in [-0.25, -0.2) is 4.79 Å². The first-order valence-corrected chi connectivity index (χ1v) is 7.81. The highest BCUT2D eigenvalue weighted by Crippen LogP contribution is 2.19. The van der Waals surface area contributed by atoms with Gasteiger partial charge in [-0.05, 0) is 24.5 Å². The van der Waals surface area contributed by atoms with Crippen LogP contribution in [-0.4, -0.2) is 34.5 Å². The van der Waals surface area contributed by atoms with Crippen molar-refractivity contribution in [3.8, 4) is 0 Å². The Kier molecular flexibility index (Phi) is 4.42. The topological polar surface area (TPSA) is 77.5 Å². The van der Waals surface area contributed by atoms with E-state index in [9.17, 15) is 9.90 Å². The molecule has 5 nitrogen and oxygen atoms in total. The van der Waals surface area contributed by atoms with E-state index in [4.69, 9.17) is 0 Å². The van der Waals surface area contributed by atoms with Gasteiger partial charge >= 0.3 is 5.97 Å². The van der Waals surface area contributed by atoms with Crippen molar-refractivity contribution in [2.75, 3.05) is 6.54 Å². The standard InChI is InChI=1S/C17H21N3O2/c21-17(22)15(20-16-8-2-1-5-9-18-16)10-12-11-19-14-7-4-3-6-13(12)14/h3-4,6-7,11,15,19H,1-2,5,8-10H2,(H,18,20)(H,21,22). The minimum absolute atomic E-state index is 0.443. The molecule has 1 atom stereocenters. The third kappa shape index (κ3) is 3.30. The first-order valence-electron chi connectivity index (χ1n) is 7.81. The predicted octanol–water partition coefficient (Wildman–Crippen LogP) is 2.73. The molecule has 1 aliphatic heterocycles. The van der Waals surface area contributed by atoms with Crippen molar-refractivity contribution in [2.45, 2.75) is 38.1 Å². The summed E-state index contributed by atoms with van der Waals surface area (Å²) in [5, 5.41) is 13.7. The van der Waals surface area contributed by atoms with E-state index in [1.54, 1.807) is 0 Å². The number of fused-ring (bicyclic) bond motifs is 1. The molecule has 1 aromatic heterocycles. The van der Waals surface area contributed by atoms with Crippen LogP contribution in [0, 0.1) is 0 Å². The summed E-state index contributed by atoms with van der Waals surface area (Å²) >= 11 is 0. The molecule has 1 aromatic carbocycles. The van der Waals surface area contributed by atoms with Crippen LogP contribution >= 0.6 is 0 Å². The number of carboxylic acids is 1. The number of carbonyl (C=O) groups is 1. The first-order chi connectivity index (χ1) is 10.7. The van der Waals surface area contributed by atoms with Crippen molar-refractivity contribution in [3.05, 3.63) is 36.0 Å². The molecule has 0 aliphatic carbocycles. The molecule has 116 valence electrons. The second-order valence-electron chi connectivity index (χ2n) is 5.74. The van der Waals surface area contributed by atoms with E-state index in [0.717, 1.165) is 54.5 Å². The summed E-state index contributed by atoms with van der Waals surface area (Å²) in [5.41, 5.74) is 2.05. The minimum Gasteiger partial charge on any atom is -0.480 e. The molecule has 0 saturated heterocycles. The average molecular weight is 299 g/mol. The summed E-state index contributed by atoms with van der Waals surface area (Å²) in [6.07, 6.45) is 6.51. The van der Waals surface area contributed by atoms with Gasteiger partial charge in [-0.3, -0.25) is 4.99 Å². The van der Waals surface area contributed by atoms with Crippen LogP contribution in [0.2, 0.25) is 0 Å². The zero-order valence-corrected chi connectivity index (χ0v) is 12.5. The van der Waals surface area contributed by atoms with Crippen molar-refractivity contribution in [2.24, 2.45) is 4.99 Å². The first kappa shape index (κ1) is 14.6. The van der Waals surface area contributed by atoms with Crippen molar-refractivity contribution >= 4 is 22.7 Å². The number of aromatic nitrogens is 1. The van der Waals surface area contributed by atoms with Gasteiger partial charge in [0.2, 0.25) is 0 Å². The molecule has 0 saturated carbocycles. The summed E-state index contributed by atoms with van der Waals surface area (Å²) in [5.74, 6) is 0.00182. The summed E-state index contributed by atoms with van der Waals surface area (Å²) in [6, 6.07) is 7.31. The number of nitrogens with zero attached hydrogens (tertiary/aromatic N) is 1. The Hall–Kier alpha value is -2.30. The lowest BCUT2D eigenvalue weighted by atomic mass is 10.0. The average Bonchev–Trinajstić information content (AvgIpc) is 2.74. The van der Waals surface area contributed by atoms with E-state index in [0.29, 0.717) is 6.42 Å². The Morgan fingerprint density at radius 3 is 3.05 bits per heavy atom. The van der Waals surface area contributed by atoms with Crippen LogP contribution in [-0.2, 0) is 11.2 Å². The van der Waals surface area contributed by atoms with Crippen LogP contribution in [0.4, 0.5) is 0 Å². The monoisotopic (exact) mass is 299 g/mol. The number of hydrogen-bond donors (Lipinski definition) is 3. The van der Waals surface area contributed by atoms with Crippen LogP contribution < -0.4 is 5.32 Å². The maximum atomic E-state index is 11.6. The lowest BCUT2D eigenvalue weighted by Crippen LogP contribution is -2.42. The largest absolute Gasteiger partial charge is 0.480 e. The predicted molar refractivity (Wildman–Crippen MR) is 87.3 cm³/mol. The maximum Gasteiger partial charge on any atom is 0.326 e. The molecule has 3 N–H and O–H groups in total. The molecule has 5 heteroatoms. The zero-order chi connectivity index (χ0) is 15.4. The van der Waals surface area contributed by atoms with E-state index in [2.05, 4.69) is 15.3 Å². The van der Waals surface area contributed by atoms with Crippen molar-refractivity contribution in [1.82, 2.24) is 10.3 Å². The number of hydrogen-bond acceptors (Lipinski definition) is 3. The molecule has 3 rings (SSSR count). The van der Waals surface area contributed by atoms with Crippen LogP contribution in [0.5, 0.6) is 0 Å². The molecule has 0 radical (unpaired) electrons. The number of aromatic amines is 1. The summed E-state index contributed by atoms with van der Waals surface area (Å²) in [4.78, 5) is 19.3. The highest BCUT2D eigenvalue weighted by atomic mass is 16.4. The van der Waals surface area contributed by atoms with E-state index in [1.807, 2.05) is 30.5 Å². The van der Waals surface area contributed by atoms with Crippen LogP contribution in [0.1, 0.15) is 31.2 Å². The summed E-state index contributed by atoms with van der Waals surface area (Å²) in [6.45, 7) is 0.793. The quantitative estimate of drug-likeness (QED) is 0.812. The van der Waals surface area contributed by atoms with Crippen molar-refractivity contribution < 1.29 is 9.90 Å². The van der Waals surface area contributed by atoms with Gasteiger partial charge in [0.25, 0.3) is 0 Å². The van der Waals surface area contributed by atoms with Gasteiger partial charge in [-0.15, -0.1) is 0 Å². The van der Waals surface area contributed by atoms with Gasteiger partial charge in [0.05, 0.1) is 5.84 Å². The van der Waals surface area contributed by atoms with Gasteiger partial charge in [0.1, 0.15) is 6.04 Å². The number of aliphatic carboxylic acids is 1.